The van der Waals surface area contributed by atoms with E-state index in [1.807, 2.05) is 10.1 Å². The molecular formula is C12H12N4O5. The second-order valence-corrected chi connectivity index (χ2v) is 3.88. The van der Waals surface area contributed by atoms with Gasteiger partial charge in [-0.1, -0.05) is 0 Å². The summed E-state index contributed by atoms with van der Waals surface area (Å²) in [5, 5.41) is 7.85. The molecule has 110 valence electrons. The Morgan fingerprint density at radius 3 is 2.62 bits per heavy atom. The number of aromatic amines is 2. The van der Waals surface area contributed by atoms with E-state index in [4.69, 9.17) is 9.47 Å². The highest BCUT2D eigenvalue weighted by Crippen LogP contribution is 2.29. The second kappa shape index (κ2) is 5.90. The summed E-state index contributed by atoms with van der Waals surface area (Å²) in [6, 6.07) is 4.73. The Balaban J connectivity index is 2.31. The van der Waals surface area contributed by atoms with E-state index in [0.717, 1.165) is 0 Å². The molecule has 0 aliphatic carbocycles. The van der Waals surface area contributed by atoms with Crippen LogP contribution >= 0.6 is 0 Å². The summed E-state index contributed by atoms with van der Waals surface area (Å²) in [7, 11) is 2.92. The number of anilines is 1. The zero-order valence-electron chi connectivity index (χ0n) is 11.2. The van der Waals surface area contributed by atoms with Crippen molar-refractivity contribution in [1.29, 1.82) is 0 Å². The van der Waals surface area contributed by atoms with Crippen molar-refractivity contribution in [3.8, 4) is 11.5 Å². The van der Waals surface area contributed by atoms with Gasteiger partial charge < -0.3 is 14.8 Å². The standard InChI is InChI=1S/C12H12N4O5/c1-20-6-3-4-7(8(5-6)21-2)13-10(17)9-11(18)14-12(19)16-15-9/h3-5H,1-2H3,(H,13,17)(H2,14,16,18,19). The first kappa shape index (κ1) is 14.3. The number of rotatable bonds is 4. The first-order valence-electron chi connectivity index (χ1n) is 5.77. The Bertz CT molecular complexity index is 780. The lowest BCUT2D eigenvalue weighted by Gasteiger charge is -2.10. The van der Waals surface area contributed by atoms with Crippen LogP contribution in [0.3, 0.4) is 0 Å². The van der Waals surface area contributed by atoms with Gasteiger partial charge in [-0.2, -0.15) is 5.10 Å². The van der Waals surface area contributed by atoms with Gasteiger partial charge in [-0.3, -0.25) is 14.6 Å². The summed E-state index contributed by atoms with van der Waals surface area (Å²) in [5.74, 6) is 0.115. The molecule has 0 spiro atoms. The number of nitrogens with zero attached hydrogens (tertiary/aromatic N) is 1. The summed E-state index contributed by atoms with van der Waals surface area (Å²) < 4.78 is 10.1. The molecule has 0 aliphatic heterocycles. The van der Waals surface area contributed by atoms with E-state index in [1.54, 1.807) is 18.2 Å². The highest BCUT2D eigenvalue weighted by atomic mass is 16.5. The van der Waals surface area contributed by atoms with Gasteiger partial charge in [0.05, 0.1) is 19.9 Å². The number of ether oxygens (including phenoxy) is 2. The molecule has 1 amide bonds. The summed E-state index contributed by atoms with van der Waals surface area (Å²) in [4.78, 5) is 36.2. The molecule has 0 bridgehead atoms. The van der Waals surface area contributed by atoms with E-state index in [2.05, 4.69) is 10.4 Å². The zero-order chi connectivity index (χ0) is 15.4. The smallest absolute Gasteiger partial charge is 0.342 e. The van der Waals surface area contributed by atoms with Crippen molar-refractivity contribution in [2.24, 2.45) is 0 Å². The van der Waals surface area contributed by atoms with E-state index in [-0.39, 0.29) is 0 Å². The fourth-order valence-electron chi connectivity index (χ4n) is 1.58. The number of carbonyl (C=O) groups excluding carboxylic acids is 1. The van der Waals surface area contributed by atoms with Crippen molar-refractivity contribution in [1.82, 2.24) is 15.2 Å². The number of aromatic nitrogens is 3. The largest absolute Gasteiger partial charge is 0.497 e. The summed E-state index contributed by atoms with van der Waals surface area (Å²) in [6.07, 6.45) is 0. The maximum Gasteiger partial charge on any atom is 0.342 e. The van der Waals surface area contributed by atoms with Crippen LogP contribution in [0.4, 0.5) is 5.69 Å². The molecule has 0 saturated carbocycles. The predicted molar refractivity (Wildman–Crippen MR) is 73.0 cm³/mol. The van der Waals surface area contributed by atoms with Crippen molar-refractivity contribution < 1.29 is 14.3 Å². The normalized spacial score (nSPS) is 10.0. The van der Waals surface area contributed by atoms with Crippen molar-refractivity contribution in [3.05, 3.63) is 44.7 Å². The van der Waals surface area contributed by atoms with Crippen molar-refractivity contribution >= 4 is 11.6 Å². The van der Waals surface area contributed by atoms with Crippen molar-refractivity contribution in [2.45, 2.75) is 0 Å². The number of hydrogen-bond donors (Lipinski definition) is 3. The van der Waals surface area contributed by atoms with E-state index >= 15 is 0 Å². The molecule has 21 heavy (non-hydrogen) atoms. The molecule has 0 fully saturated rings. The molecule has 0 aliphatic rings. The molecule has 9 heteroatoms. The summed E-state index contributed by atoms with van der Waals surface area (Å²) in [5.41, 5.74) is -1.81. The van der Waals surface area contributed by atoms with Gasteiger partial charge in [-0.05, 0) is 12.1 Å². The van der Waals surface area contributed by atoms with Gasteiger partial charge in [0, 0.05) is 6.07 Å². The number of carbonyl (C=O) groups is 1. The average molecular weight is 292 g/mol. The van der Waals surface area contributed by atoms with E-state index in [9.17, 15) is 14.4 Å². The van der Waals surface area contributed by atoms with Crippen LogP contribution in [0.2, 0.25) is 0 Å². The minimum atomic E-state index is -0.885. The lowest BCUT2D eigenvalue weighted by atomic mass is 10.2. The zero-order valence-corrected chi connectivity index (χ0v) is 11.2. The Hall–Kier alpha value is -3.10. The van der Waals surface area contributed by atoms with Crippen molar-refractivity contribution in [2.75, 3.05) is 19.5 Å². The van der Waals surface area contributed by atoms with Crippen LogP contribution < -0.4 is 26.0 Å². The average Bonchev–Trinajstić information content (AvgIpc) is 2.47. The molecule has 0 radical (unpaired) electrons. The monoisotopic (exact) mass is 292 g/mol. The highest BCUT2D eigenvalue weighted by molar-refractivity contribution is 6.03. The SMILES string of the molecule is COc1ccc(NC(=O)c2n[nH]c(=O)[nH]c2=O)c(OC)c1. The van der Waals surface area contributed by atoms with E-state index in [0.29, 0.717) is 17.2 Å². The molecule has 3 N–H and O–H groups in total. The molecule has 2 rings (SSSR count). The molecule has 9 nitrogen and oxygen atoms in total. The maximum absolute atomic E-state index is 12.0. The molecule has 2 aromatic rings. The quantitative estimate of drug-likeness (QED) is 0.712. The van der Waals surface area contributed by atoms with Crippen LogP contribution in [-0.2, 0) is 0 Å². The Morgan fingerprint density at radius 1 is 1.24 bits per heavy atom. The highest BCUT2D eigenvalue weighted by Gasteiger charge is 2.15. The van der Waals surface area contributed by atoms with E-state index < -0.39 is 22.9 Å². The van der Waals surface area contributed by atoms with Gasteiger partial charge in [0.2, 0.25) is 5.69 Å². The third-order valence-electron chi connectivity index (χ3n) is 2.58. The molecular weight excluding hydrogens is 280 g/mol. The van der Waals surface area contributed by atoms with Crippen molar-refractivity contribution in [3.63, 3.8) is 0 Å². The van der Waals surface area contributed by atoms with Gasteiger partial charge in [0.1, 0.15) is 11.5 Å². The molecule has 0 unspecified atom stereocenters. The summed E-state index contributed by atoms with van der Waals surface area (Å²) >= 11 is 0. The van der Waals surface area contributed by atoms with Gasteiger partial charge >= 0.3 is 5.69 Å². The summed E-state index contributed by atoms with van der Waals surface area (Å²) in [6.45, 7) is 0. The Kier molecular flexibility index (Phi) is 4.02. The molecule has 1 aromatic carbocycles. The second-order valence-electron chi connectivity index (χ2n) is 3.88. The van der Waals surface area contributed by atoms with Gasteiger partial charge in [0.25, 0.3) is 11.5 Å². The number of amides is 1. The first-order valence-corrected chi connectivity index (χ1v) is 5.77. The number of methoxy groups -OCH3 is 2. The third kappa shape index (κ3) is 3.08. The minimum Gasteiger partial charge on any atom is -0.497 e. The van der Waals surface area contributed by atoms with Gasteiger partial charge in [-0.25, -0.2) is 9.89 Å². The Labute approximate surface area is 117 Å². The number of benzene rings is 1. The van der Waals surface area contributed by atoms with Crippen LogP contribution in [0, 0.1) is 0 Å². The number of hydrogen-bond acceptors (Lipinski definition) is 6. The first-order chi connectivity index (χ1) is 10.0. The fraction of sp³-hybridized carbons (Fsp3) is 0.167. The fourth-order valence-corrected chi connectivity index (χ4v) is 1.58. The molecule has 1 heterocycles. The lowest BCUT2D eigenvalue weighted by Crippen LogP contribution is -2.32. The maximum atomic E-state index is 12.0. The topological polar surface area (TPSA) is 126 Å². The third-order valence-corrected chi connectivity index (χ3v) is 2.58. The van der Waals surface area contributed by atoms with Gasteiger partial charge in [-0.15, -0.1) is 0 Å². The predicted octanol–water partition coefficient (Wildman–Crippen LogP) is -0.272. The molecule has 0 atom stereocenters. The van der Waals surface area contributed by atoms with Crippen LogP contribution in [0.1, 0.15) is 10.5 Å². The number of H-pyrrole nitrogens is 2. The van der Waals surface area contributed by atoms with E-state index in [1.165, 1.54) is 14.2 Å². The Morgan fingerprint density at radius 2 is 2.00 bits per heavy atom. The van der Waals surface area contributed by atoms with Crippen LogP contribution in [0.15, 0.2) is 27.8 Å². The minimum absolute atomic E-state index is 0.329. The molecule has 0 saturated heterocycles. The number of nitrogens with one attached hydrogen (secondary N) is 3. The van der Waals surface area contributed by atoms with Crippen LogP contribution in [0.25, 0.3) is 0 Å². The van der Waals surface area contributed by atoms with Gasteiger partial charge in [0.15, 0.2) is 0 Å². The van der Waals surface area contributed by atoms with Crippen LogP contribution in [-0.4, -0.2) is 35.3 Å². The van der Waals surface area contributed by atoms with Crippen LogP contribution in [0.5, 0.6) is 11.5 Å². The lowest BCUT2D eigenvalue weighted by molar-refractivity contribution is 0.101. The molecule has 1 aromatic heterocycles.